The SMILES string of the molecule is Cc1cc2c(n1-c1ccc(Cl)cc1)CC(C)(C)C/C2=N\OC(=O)c1cccs1. The maximum Gasteiger partial charge on any atom is 0.375 e. The van der Waals surface area contributed by atoms with Crippen LogP contribution in [0.2, 0.25) is 5.02 Å². The van der Waals surface area contributed by atoms with Crippen LogP contribution in [0.3, 0.4) is 0 Å². The molecule has 4 rings (SSSR count). The van der Waals surface area contributed by atoms with Gasteiger partial charge in [-0.2, -0.15) is 0 Å². The molecule has 0 spiro atoms. The van der Waals surface area contributed by atoms with Crippen LogP contribution in [0, 0.1) is 12.3 Å². The first kappa shape index (κ1) is 19.0. The number of carbonyl (C=O) groups is 1. The second-order valence-electron chi connectivity index (χ2n) is 7.87. The highest BCUT2D eigenvalue weighted by atomic mass is 35.5. The standard InChI is InChI=1S/C22H21ClN2O2S/c1-14-11-17-18(24-27-21(26)20-5-4-10-28-20)12-22(2,3)13-19(17)25(14)16-8-6-15(23)7-9-16/h4-11H,12-13H2,1-3H3/b24-18+. The summed E-state index contributed by atoms with van der Waals surface area (Å²) in [7, 11) is 0. The average Bonchev–Trinajstić information content (AvgIpc) is 3.28. The maximum absolute atomic E-state index is 12.2. The molecule has 0 bridgehead atoms. The van der Waals surface area contributed by atoms with Gasteiger partial charge in [0.05, 0.1) is 5.71 Å². The molecule has 3 aromatic rings. The van der Waals surface area contributed by atoms with Crippen molar-refractivity contribution in [1.29, 1.82) is 0 Å². The fraction of sp³-hybridized carbons (Fsp3) is 0.273. The molecular weight excluding hydrogens is 392 g/mol. The molecule has 1 aromatic carbocycles. The largest absolute Gasteiger partial charge is 0.375 e. The number of benzene rings is 1. The minimum absolute atomic E-state index is 0.0101. The normalized spacial score (nSPS) is 16.8. The van der Waals surface area contributed by atoms with E-state index >= 15 is 0 Å². The summed E-state index contributed by atoms with van der Waals surface area (Å²) in [4.78, 5) is 18.0. The second kappa shape index (κ2) is 7.22. The summed E-state index contributed by atoms with van der Waals surface area (Å²) in [5, 5.41) is 6.84. The average molecular weight is 413 g/mol. The molecule has 2 aromatic heterocycles. The lowest BCUT2D eigenvalue weighted by Gasteiger charge is -2.31. The second-order valence-corrected chi connectivity index (χ2v) is 9.25. The highest BCUT2D eigenvalue weighted by molar-refractivity contribution is 7.11. The van der Waals surface area contributed by atoms with Crippen molar-refractivity contribution in [3.05, 3.63) is 74.7 Å². The summed E-state index contributed by atoms with van der Waals surface area (Å²) in [5.41, 5.74) is 5.23. The Kier molecular flexibility index (Phi) is 4.89. The fourth-order valence-electron chi connectivity index (χ4n) is 3.75. The first-order valence-corrected chi connectivity index (χ1v) is 10.4. The highest BCUT2D eigenvalue weighted by Crippen LogP contribution is 2.38. The molecule has 0 unspecified atom stereocenters. The predicted molar refractivity (Wildman–Crippen MR) is 114 cm³/mol. The van der Waals surface area contributed by atoms with Gasteiger partial charge in [-0.3, -0.25) is 0 Å². The van der Waals surface area contributed by atoms with Gasteiger partial charge in [0.15, 0.2) is 0 Å². The molecule has 0 N–H and O–H groups in total. The van der Waals surface area contributed by atoms with E-state index in [1.807, 2.05) is 35.7 Å². The molecule has 0 saturated carbocycles. The van der Waals surface area contributed by atoms with Crippen molar-refractivity contribution in [2.75, 3.05) is 0 Å². The Hall–Kier alpha value is -2.37. The molecule has 0 saturated heterocycles. The first-order chi connectivity index (χ1) is 13.3. The van der Waals surface area contributed by atoms with Crippen LogP contribution in [0.4, 0.5) is 0 Å². The molecule has 144 valence electrons. The van der Waals surface area contributed by atoms with E-state index in [0.29, 0.717) is 9.90 Å². The van der Waals surface area contributed by atoms with E-state index in [4.69, 9.17) is 16.4 Å². The molecule has 0 radical (unpaired) electrons. The van der Waals surface area contributed by atoms with Gasteiger partial charge >= 0.3 is 5.97 Å². The van der Waals surface area contributed by atoms with Crippen molar-refractivity contribution >= 4 is 34.6 Å². The fourth-order valence-corrected chi connectivity index (χ4v) is 4.47. The van der Waals surface area contributed by atoms with Gasteiger partial charge in [-0.05, 0) is 67.0 Å². The summed E-state index contributed by atoms with van der Waals surface area (Å²) in [5.74, 6) is -0.415. The third kappa shape index (κ3) is 3.64. The predicted octanol–water partition coefficient (Wildman–Crippen LogP) is 6.03. The molecule has 28 heavy (non-hydrogen) atoms. The van der Waals surface area contributed by atoms with Gasteiger partial charge in [0, 0.05) is 27.7 Å². The lowest BCUT2D eigenvalue weighted by atomic mass is 9.76. The number of hydrogen-bond acceptors (Lipinski definition) is 4. The molecule has 6 heteroatoms. The minimum Gasteiger partial charge on any atom is -0.318 e. The van der Waals surface area contributed by atoms with Gasteiger partial charge in [-0.1, -0.05) is 36.7 Å². The van der Waals surface area contributed by atoms with Crippen molar-refractivity contribution in [1.82, 2.24) is 4.57 Å². The molecule has 4 nitrogen and oxygen atoms in total. The van der Waals surface area contributed by atoms with Crippen LogP contribution in [-0.4, -0.2) is 16.2 Å². The Balaban J connectivity index is 1.74. The number of aryl methyl sites for hydroxylation is 1. The van der Waals surface area contributed by atoms with Gasteiger partial charge in [-0.15, -0.1) is 11.3 Å². The number of aromatic nitrogens is 1. The molecule has 0 amide bonds. The number of hydrogen-bond donors (Lipinski definition) is 0. The maximum atomic E-state index is 12.2. The Morgan fingerprint density at radius 1 is 1.21 bits per heavy atom. The van der Waals surface area contributed by atoms with E-state index in [9.17, 15) is 4.79 Å². The van der Waals surface area contributed by atoms with E-state index in [1.54, 1.807) is 6.07 Å². The first-order valence-electron chi connectivity index (χ1n) is 9.13. The van der Waals surface area contributed by atoms with Crippen LogP contribution in [0.1, 0.15) is 46.9 Å². The van der Waals surface area contributed by atoms with E-state index < -0.39 is 5.97 Å². The summed E-state index contributed by atoms with van der Waals surface area (Å²) < 4.78 is 2.24. The number of carbonyl (C=O) groups excluding carboxylic acids is 1. The van der Waals surface area contributed by atoms with E-state index in [2.05, 4.69) is 36.6 Å². The summed E-state index contributed by atoms with van der Waals surface area (Å²) in [6, 6.07) is 13.5. The van der Waals surface area contributed by atoms with Crippen molar-refractivity contribution in [2.24, 2.45) is 10.6 Å². The Morgan fingerprint density at radius 2 is 1.96 bits per heavy atom. The van der Waals surface area contributed by atoms with Crippen molar-refractivity contribution in [2.45, 2.75) is 33.6 Å². The van der Waals surface area contributed by atoms with Gasteiger partial charge in [0.25, 0.3) is 0 Å². The molecule has 2 heterocycles. The lowest BCUT2D eigenvalue weighted by Crippen LogP contribution is -2.28. The summed E-state index contributed by atoms with van der Waals surface area (Å²) in [6.45, 7) is 6.50. The van der Waals surface area contributed by atoms with Gasteiger partial charge in [0.2, 0.25) is 0 Å². The zero-order valence-corrected chi connectivity index (χ0v) is 17.6. The van der Waals surface area contributed by atoms with Gasteiger partial charge in [0.1, 0.15) is 4.88 Å². The van der Waals surface area contributed by atoms with Crippen LogP contribution >= 0.6 is 22.9 Å². The third-order valence-corrected chi connectivity index (χ3v) is 6.04. The number of halogens is 1. The molecule has 1 aliphatic carbocycles. The van der Waals surface area contributed by atoms with Crippen molar-refractivity contribution in [3.8, 4) is 5.69 Å². The number of nitrogens with zero attached hydrogens (tertiary/aromatic N) is 2. The Labute approximate surface area is 173 Å². The van der Waals surface area contributed by atoms with E-state index in [-0.39, 0.29) is 5.41 Å². The lowest BCUT2D eigenvalue weighted by molar-refractivity contribution is 0.0519. The zero-order chi connectivity index (χ0) is 19.9. The highest BCUT2D eigenvalue weighted by Gasteiger charge is 2.33. The molecule has 0 fully saturated rings. The van der Waals surface area contributed by atoms with E-state index in [0.717, 1.165) is 35.5 Å². The van der Waals surface area contributed by atoms with Crippen molar-refractivity contribution < 1.29 is 9.63 Å². The molecular formula is C22H21ClN2O2S. The molecule has 0 aliphatic heterocycles. The molecule has 1 aliphatic rings. The van der Waals surface area contributed by atoms with Crippen LogP contribution in [0.15, 0.2) is 53.0 Å². The summed E-state index contributed by atoms with van der Waals surface area (Å²) in [6.07, 6.45) is 1.67. The topological polar surface area (TPSA) is 43.6 Å². The smallest absolute Gasteiger partial charge is 0.318 e. The third-order valence-electron chi connectivity index (χ3n) is 4.94. The number of oxime groups is 1. The van der Waals surface area contributed by atoms with Crippen LogP contribution in [0.5, 0.6) is 0 Å². The Morgan fingerprint density at radius 3 is 2.64 bits per heavy atom. The number of thiophene rings is 1. The van der Waals surface area contributed by atoms with Gasteiger partial charge in [-0.25, -0.2) is 4.79 Å². The molecule has 0 atom stereocenters. The van der Waals surface area contributed by atoms with E-state index in [1.165, 1.54) is 17.0 Å². The van der Waals surface area contributed by atoms with Crippen LogP contribution in [0.25, 0.3) is 5.69 Å². The number of rotatable bonds is 3. The minimum atomic E-state index is -0.415. The summed E-state index contributed by atoms with van der Waals surface area (Å²) >= 11 is 7.41. The Bertz CT molecular complexity index is 1050. The zero-order valence-electron chi connectivity index (χ0n) is 16.0. The monoisotopic (exact) mass is 412 g/mol. The quantitative estimate of drug-likeness (QED) is 0.389. The van der Waals surface area contributed by atoms with Crippen LogP contribution in [-0.2, 0) is 11.3 Å². The number of fused-ring (bicyclic) bond motifs is 1. The van der Waals surface area contributed by atoms with Crippen LogP contribution < -0.4 is 0 Å². The van der Waals surface area contributed by atoms with Crippen molar-refractivity contribution in [3.63, 3.8) is 0 Å². The van der Waals surface area contributed by atoms with Gasteiger partial charge < -0.3 is 9.40 Å².